The zero-order valence-corrected chi connectivity index (χ0v) is 17.7. The van der Waals surface area contributed by atoms with Gasteiger partial charge in [0.1, 0.15) is 4.90 Å². The van der Waals surface area contributed by atoms with Gasteiger partial charge in [-0.1, -0.05) is 5.16 Å². The molecule has 0 atom stereocenters. The van der Waals surface area contributed by atoms with Crippen molar-refractivity contribution in [3.8, 4) is 0 Å². The van der Waals surface area contributed by atoms with Crippen molar-refractivity contribution in [2.24, 2.45) is 5.92 Å². The van der Waals surface area contributed by atoms with E-state index in [-0.39, 0.29) is 4.90 Å². The number of nitrogens with zero attached hydrogens (tertiary/aromatic N) is 5. The molecule has 160 valence electrons. The van der Waals surface area contributed by atoms with Crippen molar-refractivity contribution in [3.63, 3.8) is 0 Å². The molecule has 2 aliphatic rings. The molecule has 2 aliphatic heterocycles. The van der Waals surface area contributed by atoms with Gasteiger partial charge in [0.05, 0.1) is 6.20 Å². The average molecular weight is 424 g/mol. The molecule has 2 saturated heterocycles. The van der Waals surface area contributed by atoms with E-state index in [9.17, 15) is 8.42 Å². The molecule has 10 heteroatoms. The Balaban J connectivity index is 1.26. The number of hydrogen-bond donors (Lipinski definition) is 0. The second kappa shape index (κ2) is 8.93. The molecule has 0 spiro atoms. The van der Waals surface area contributed by atoms with E-state index in [0.29, 0.717) is 37.4 Å². The van der Waals surface area contributed by atoms with Crippen LogP contribution in [-0.2, 0) is 27.7 Å². The van der Waals surface area contributed by atoms with Crippen molar-refractivity contribution in [2.75, 3.05) is 26.3 Å². The maximum absolute atomic E-state index is 12.8. The number of sulfonamides is 1. The van der Waals surface area contributed by atoms with E-state index in [2.05, 4.69) is 15.2 Å². The van der Waals surface area contributed by atoms with Crippen LogP contribution in [0.5, 0.6) is 0 Å². The molecule has 0 amide bonds. The molecule has 2 aromatic heterocycles. The SMILES string of the molecule is CCn1cc(S(=O)(=O)N2CCC(CCc3nc(C4CCOCC4)no3)CC2)cn1. The van der Waals surface area contributed by atoms with Crippen LogP contribution in [0.2, 0.25) is 0 Å². The minimum atomic E-state index is -3.45. The Labute approximate surface area is 171 Å². The van der Waals surface area contributed by atoms with Gasteiger partial charge in [0, 0.05) is 51.4 Å². The topological polar surface area (TPSA) is 103 Å². The second-order valence-corrected chi connectivity index (χ2v) is 9.79. The summed E-state index contributed by atoms with van der Waals surface area (Å²) in [5.74, 6) is 2.30. The molecular formula is C19H29N5O4S. The smallest absolute Gasteiger partial charge is 0.246 e. The van der Waals surface area contributed by atoms with Crippen molar-refractivity contribution < 1.29 is 17.7 Å². The summed E-state index contributed by atoms with van der Waals surface area (Å²) in [6.45, 7) is 5.20. The molecule has 29 heavy (non-hydrogen) atoms. The fourth-order valence-electron chi connectivity index (χ4n) is 4.06. The van der Waals surface area contributed by atoms with Gasteiger partial charge < -0.3 is 9.26 Å². The predicted molar refractivity (Wildman–Crippen MR) is 105 cm³/mol. The molecule has 0 radical (unpaired) electrons. The minimum absolute atomic E-state index is 0.282. The molecule has 0 bridgehead atoms. The van der Waals surface area contributed by atoms with Gasteiger partial charge in [-0.25, -0.2) is 8.42 Å². The van der Waals surface area contributed by atoms with Crippen LogP contribution in [0, 0.1) is 5.92 Å². The van der Waals surface area contributed by atoms with Crippen molar-refractivity contribution in [2.45, 2.75) is 62.8 Å². The summed E-state index contributed by atoms with van der Waals surface area (Å²) in [5.41, 5.74) is 0. The van der Waals surface area contributed by atoms with Crippen molar-refractivity contribution >= 4 is 10.0 Å². The molecule has 0 unspecified atom stereocenters. The fourth-order valence-corrected chi connectivity index (χ4v) is 5.48. The van der Waals surface area contributed by atoms with Crippen molar-refractivity contribution in [3.05, 3.63) is 24.1 Å². The highest BCUT2D eigenvalue weighted by molar-refractivity contribution is 7.89. The standard InChI is InChI=1S/C19H29N5O4S/c1-2-23-14-17(13-20-23)29(25,26)24-9-5-15(6-10-24)3-4-18-21-19(22-28-18)16-7-11-27-12-8-16/h13-16H,2-12H2,1H3. The van der Waals surface area contributed by atoms with E-state index in [4.69, 9.17) is 9.26 Å². The largest absolute Gasteiger partial charge is 0.381 e. The van der Waals surface area contributed by atoms with E-state index >= 15 is 0 Å². The van der Waals surface area contributed by atoms with Crippen LogP contribution >= 0.6 is 0 Å². The molecule has 9 nitrogen and oxygen atoms in total. The first-order valence-electron chi connectivity index (χ1n) is 10.5. The summed E-state index contributed by atoms with van der Waals surface area (Å²) in [4.78, 5) is 4.86. The Bertz CT molecular complexity index is 895. The summed E-state index contributed by atoms with van der Waals surface area (Å²) >= 11 is 0. The third-order valence-electron chi connectivity index (χ3n) is 5.98. The molecular weight excluding hydrogens is 394 g/mol. The van der Waals surface area contributed by atoms with Gasteiger partial charge in [0.15, 0.2) is 5.82 Å². The molecule has 4 heterocycles. The van der Waals surface area contributed by atoms with Gasteiger partial charge >= 0.3 is 0 Å². The van der Waals surface area contributed by atoms with Crippen LogP contribution in [0.25, 0.3) is 0 Å². The predicted octanol–water partition coefficient (Wildman–Crippen LogP) is 2.21. The first-order valence-corrected chi connectivity index (χ1v) is 11.9. The number of aromatic nitrogens is 4. The third kappa shape index (κ3) is 4.70. The highest BCUT2D eigenvalue weighted by Crippen LogP contribution is 2.28. The molecule has 2 fully saturated rings. The number of aryl methyl sites for hydroxylation is 2. The minimum Gasteiger partial charge on any atom is -0.381 e. The monoisotopic (exact) mass is 423 g/mol. The fraction of sp³-hybridized carbons (Fsp3) is 0.737. The maximum atomic E-state index is 12.8. The first-order chi connectivity index (χ1) is 14.1. The molecule has 2 aromatic rings. The Morgan fingerprint density at radius 2 is 1.93 bits per heavy atom. The van der Waals surface area contributed by atoms with Gasteiger partial charge in [-0.3, -0.25) is 4.68 Å². The van der Waals surface area contributed by atoms with Crippen LogP contribution in [-0.4, -0.2) is 58.9 Å². The maximum Gasteiger partial charge on any atom is 0.246 e. The number of piperidine rings is 1. The number of ether oxygens (including phenoxy) is 1. The van der Waals surface area contributed by atoms with Crippen LogP contribution in [0.4, 0.5) is 0 Å². The average Bonchev–Trinajstić information content (AvgIpc) is 3.43. The normalized spacial score (nSPS) is 20.3. The first kappa shape index (κ1) is 20.5. The Morgan fingerprint density at radius 1 is 1.17 bits per heavy atom. The Morgan fingerprint density at radius 3 is 2.62 bits per heavy atom. The lowest BCUT2D eigenvalue weighted by molar-refractivity contribution is 0.0830. The summed E-state index contributed by atoms with van der Waals surface area (Å²) in [6.07, 6.45) is 8.33. The van der Waals surface area contributed by atoms with E-state index in [1.807, 2.05) is 6.92 Å². The second-order valence-electron chi connectivity index (χ2n) is 7.85. The number of hydrogen-bond acceptors (Lipinski definition) is 7. The lowest BCUT2D eigenvalue weighted by atomic mass is 9.93. The van der Waals surface area contributed by atoms with Gasteiger partial charge in [0.2, 0.25) is 15.9 Å². The van der Waals surface area contributed by atoms with Crippen LogP contribution in [0.15, 0.2) is 21.8 Å². The van der Waals surface area contributed by atoms with Crippen molar-refractivity contribution in [1.82, 2.24) is 24.2 Å². The van der Waals surface area contributed by atoms with E-state index < -0.39 is 10.0 Å². The highest BCUT2D eigenvalue weighted by Gasteiger charge is 2.30. The van der Waals surface area contributed by atoms with Crippen LogP contribution in [0.3, 0.4) is 0 Å². The molecule has 0 aliphatic carbocycles. The van der Waals surface area contributed by atoms with Gasteiger partial charge in [-0.2, -0.15) is 14.4 Å². The Kier molecular flexibility index (Phi) is 6.31. The van der Waals surface area contributed by atoms with E-state index in [1.54, 1.807) is 15.2 Å². The quantitative estimate of drug-likeness (QED) is 0.672. The summed E-state index contributed by atoms with van der Waals surface area (Å²) in [5, 5.41) is 8.24. The van der Waals surface area contributed by atoms with E-state index in [1.165, 1.54) is 6.20 Å². The summed E-state index contributed by atoms with van der Waals surface area (Å²) in [7, 11) is -3.45. The lowest BCUT2D eigenvalue weighted by Gasteiger charge is -2.30. The van der Waals surface area contributed by atoms with E-state index in [0.717, 1.165) is 57.6 Å². The molecule has 0 N–H and O–H groups in total. The molecule has 0 saturated carbocycles. The van der Waals surface area contributed by atoms with Gasteiger partial charge in [0.25, 0.3) is 0 Å². The molecule has 0 aromatic carbocycles. The molecule has 4 rings (SSSR count). The zero-order chi connectivity index (χ0) is 20.3. The highest BCUT2D eigenvalue weighted by atomic mass is 32.2. The zero-order valence-electron chi connectivity index (χ0n) is 16.9. The summed E-state index contributed by atoms with van der Waals surface area (Å²) in [6, 6.07) is 0. The van der Waals surface area contributed by atoms with Crippen LogP contribution < -0.4 is 0 Å². The van der Waals surface area contributed by atoms with Gasteiger partial charge in [-0.05, 0) is 44.9 Å². The summed E-state index contributed by atoms with van der Waals surface area (Å²) < 4.78 is 39.6. The third-order valence-corrected chi connectivity index (χ3v) is 7.83. The number of rotatable bonds is 7. The lowest BCUT2D eigenvalue weighted by Crippen LogP contribution is -2.38. The van der Waals surface area contributed by atoms with Crippen LogP contribution in [0.1, 0.15) is 56.7 Å². The van der Waals surface area contributed by atoms with Crippen molar-refractivity contribution in [1.29, 1.82) is 0 Å². The van der Waals surface area contributed by atoms with Gasteiger partial charge in [-0.15, -0.1) is 0 Å². The Hall–Kier alpha value is -1.78.